The molecule has 5 nitrogen and oxygen atoms in total. The Labute approximate surface area is 145 Å². The van der Waals surface area contributed by atoms with E-state index in [-0.39, 0.29) is 6.10 Å². The van der Waals surface area contributed by atoms with Crippen molar-refractivity contribution < 1.29 is 4.74 Å². The van der Waals surface area contributed by atoms with E-state index in [4.69, 9.17) is 9.72 Å². The molecule has 0 bridgehead atoms. The molecule has 1 unspecified atom stereocenters. The Morgan fingerprint density at radius 2 is 2.21 bits per heavy atom. The van der Waals surface area contributed by atoms with E-state index in [2.05, 4.69) is 32.4 Å². The van der Waals surface area contributed by atoms with Crippen LogP contribution in [0.25, 0.3) is 11.4 Å². The maximum atomic E-state index is 5.93. The van der Waals surface area contributed by atoms with Crippen molar-refractivity contribution in [2.75, 3.05) is 24.6 Å². The number of morpholine rings is 1. The minimum absolute atomic E-state index is 0.107. The third-order valence-corrected chi connectivity index (χ3v) is 4.98. The molecule has 1 aliphatic heterocycles. The van der Waals surface area contributed by atoms with Crippen LogP contribution in [0.2, 0.25) is 0 Å². The van der Waals surface area contributed by atoms with E-state index in [1.165, 1.54) is 4.88 Å². The Bertz CT molecular complexity index is 807. The lowest BCUT2D eigenvalue weighted by molar-refractivity contribution is 0.0418. The summed E-state index contributed by atoms with van der Waals surface area (Å²) in [6, 6.07) is 10.1. The number of hydrogen-bond acceptors (Lipinski definition) is 6. The average molecular weight is 338 g/mol. The smallest absolute Gasteiger partial charge is 0.163 e. The van der Waals surface area contributed by atoms with Crippen LogP contribution in [-0.4, -0.2) is 34.6 Å². The third-order valence-electron chi connectivity index (χ3n) is 4.01. The molecule has 0 radical (unpaired) electrons. The van der Waals surface area contributed by atoms with Gasteiger partial charge in [0.1, 0.15) is 11.9 Å². The quantitative estimate of drug-likeness (QED) is 0.732. The molecule has 0 aliphatic carbocycles. The maximum Gasteiger partial charge on any atom is 0.163 e. The van der Waals surface area contributed by atoms with Gasteiger partial charge in [-0.2, -0.15) is 0 Å². The molecule has 1 fully saturated rings. The van der Waals surface area contributed by atoms with Crippen molar-refractivity contribution >= 4 is 17.2 Å². The lowest BCUT2D eigenvalue weighted by Crippen LogP contribution is -2.38. The molecule has 0 amide bonds. The summed E-state index contributed by atoms with van der Waals surface area (Å²) < 4.78 is 5.93. The zero-order chi connectivity index (χ0) is 16.4. The second kappa shape index (κ2) is 6.67. The van der Waals surface area contributed by atoms with Crippen LogP contribution in [0.4, 0.5) is 5.82 Å². The number of pyridine rings is 1. The van der Waals surface area contributed by atoms with E-state index < -0.39 is 0 Å². The Morgan fingerprint density at radius 3 is 3.00 bits per heavy atom. The fourth-order valence-electron chi connectivity index (χ4n) is 2.84. The van der Waals surface area contributed by atoms with E-state index in [9.17, 15) is 0 Å². The van der Waals surface area contributed by atoms with Crippen molar-refractivity contribution in [3.05, 3.63) is 58.7 Å². The number of aryl methyl sites for hydroxylation is 1. The van der Waals surface area contributed by atoms with E-state index in [1.54, 1.807) is 23.7 Å². The van der Waals surface area contributed by atoms with Crippen molar-refractivity contribution in [2.45, 2.75) is 13.0 Å². The van der Waals surface area contributed by atoms with Gasteiger partial charge in [0, 0.05) is 41.1 Å². The van der Waals surface area contributed by atoms with E-state index >= 15 is 0 Å². The molecule has 4 heterocycles. The Hall–Kier alpha value is -2.31. The number of rotatable bonds is 3. The SMILES string of the molecule is Cc1cc(N2CCOC(c3cccs3)C2)nc(-c2cccnc2)n1. The predicted octanol–water partition coefficient (Wildman–Crippen LogP) is 3.49. The minimum Gasteiger partial charge on any atom is -0.369 e. The summed E-state index contributed by atoms with van der Waals surface area (Å²) in [5, 5.41) is 2.09. The molecule has 0 aromatic carbocycles. The Balaban J connectivity index is 1.63. The number of aromatic nitrogens is 3. The highest BCUT2D eigenvalue weighted by Gasteiger charge is 2.24. The van der Waals surface area contributed by atoms with Gasteiger partial charge < -0.3 is 9.64 Å². The second-order valence-electron chi connectivity index (χ2n) is 5.75. The highest BCUT2D eigenvalue weighted by molar-refractivity contribution is 7.10. The molecule has 1 saturated heterocycles. The van der Waals surface area contributed by atoms with Gasteiger partial charge in [0.2, 0.25) is 0 Å². The molecular formula is C18H18N4OS. The molecule has 24 heavy (non-hydrogen) atoms. The first kappa shape index (κ1) is 15.2. The molecule has 6 heteroatoms. The fraction of sp³-hybridized carbons (Fsp3) is 0.278. The molecule has 122 valence electrons. The molecule has 1 aliphatic rings. The van der Waals surface area contributed by atoms with Crippen LogP contribution in [0.1, 0.15) is 16.7 Å². The average Bonchev–Trinajstić information content (AvgIpc) is 3.17. The van der Waals surface area contributed by atoms with Crippen molar-refractivity contribution in [3.8, 4) is 11.4 Å². The van der Waals surface area contributed by atoms with E-state index in [1.807, 2.05) is 25.1 Å². The summed E-state index contributed by atoms with van der Waals surface area (Å²) in [6.07, 6.45) is 3.66. The van der Waals surface area contributed by atoms with Crippen molar-refractivity contribution in [1.29, 1.82) is 0 Å². The van der Waals surface area contributed by atoms with Crippen molar-refractivity contribution in [1.82, 2.24) is 15.0 Å². The number of thiophene rings is 1. The molecule has 0 saturated carbocycles. The van der Waals surface area contributed by atoms with Gasteiger partial charge >= 0.3 is 0 Å². The van der Waals surface area contributed by atoms with Gasteiger partial charge in [0.25, 0.3) is 0 Å². The van der Waals surface area contributed by atoms with Crippen LogP contribution in [0, 0.1) is 6.92 Å². The minimum atomic E-state index is 0.107. The first-order valence-electron chi connectivity index (χ1n) is 7.95. The standard InChI is InChI=1S/C18H18N4OS/c1-13-10-17(21-18(20-13)14-4-2-6-19-11-14)22-7-8-23-15(12-22)16-5-3-9-24-16/h2-6,9-11,15H,7-8,12H2,1H3. The van der Waals surface area contributed by atoms with Crippen LogP contribution >= 0.6 is 11.3 Å². The van der Waals surface area contributed by atoms with Gasteiger partial charge in [0.05, 0.1) is 13.2 Å². The number of nitrogens with zero attached hydrogens (tertiary/aromatic N) is 4. The molecule has 4 rings (SSSR count). The molecular weight excluding hydrogens is 320 g/mol. The summed E-state index contributed by atoms with van der Waals surface area (Å²) in [5.41, 5.74) is 1.89. The molecule has 3 aromatic rings. The van der Waals surface area contributed by atoms with Gasteiger partial charge in [-0.3, -0.25) is 4.98 Å². The summed E-state index contributed by atoms with van der Waals surface area (Å²) in [5.74, 6) is 1.67. The first-order chi connectivity index (χ1) is 11.8. The summed E-state index contributed by atoms with van der Waals surface area (Å²) >= 11 is 1.74. The second-order valence-corrected chi connectivity index (χ2v) is 6.73. The van der Waals surface area contributed by atoms with Gasteiger partial charge in [-0.05, 0) is 30.5 Å². The van der Waals surface area contributed by atoms with Gasteiger partial charge in [0.15, 0.2) is 5.82 Å². The maximum absolute atomic E-state index is 5.93. The summed E-state index contributed by atoms with van der Waals surface area (Å²) in [7, 11) is 0. The highest BCUT2D eigenvalue weighted by atomic mass is 32.1. The zero-order valence-electron chi connectivity index (χ0n) is 13.4. The fourth-order valence-corrected chi connectivity index (χ4v) is 3.61. The van der Waals surface area contributed by atoms with Crippen molar-refractivity contribution in [2.24, 2.45) is 0 Å². The van der Waals surface area contributed by atoms with E-state index in [0.29, 0.717) is 6.61 Å². The van der Waals surface area contributed by atoms with Crippen LogP contribution < -0.4 is 4.90 Å². The highest BCUT2D eigenvalue weighted by Crippen LogP contribution is 2.29. The largest absolute Gasteiger partial charge is 0.369 e. The number of hydrogen-bond donors (Lipinski definition) is 0. The van der Waals surface area contributed by atoms with Crippen LogP contribution in [0.15, 0.2) is 48.1 Å². The molecule has 0 N–H and O–H groups in total. The Morgan fingerprint density at radius 1 is 1.25 bits per heavy atom. The topological polar surface area (TPSA) is 51.1 Å². The van der Waals surface area contributed by atoms with Crippen LogP contribution in [0.5, 0.6) is 0 Å². The van der Waals surface area contributed by atoms with Gasteiger partial charge in [-0.15, -0.1) is 11.3 Å². The van der Waals surface area contributed by atoms with E-state index in [0.717, 1.165) is 36.0 Å². The third kappa shape index (κ3) is 3.16. The van der Waals surface area contributed by atoms with Crippen LogP contribution in [-0.2, 0) is 4.74 Å². The first-order valence-corrected chi connectivity index (χ1v) is 8.83. The summed E-state index contributed by atoms with van der Waals surface area (Å²) in [6.45, 7) is 4.35. The summed E-state index contributed by atoms with van der Waals surface area (Å²) in [4.78, 5) is 17.0. The van der Waals surface area contributed by atoms with Gasteiger partial charge in [-0.1, -0.05) is 6.07 Å². The molecule has 3 aromatic heterocycles. The Kier molecular flexibility index (Phi) is 4.23. The predicted molar refractivity (Wildman–Crippen MR) is 95.2 cm³/mol. The normalized spacial score (nSPS) is 17.9. The monoisotopic (exact) mass is 338 g/mol. The van der Waals surface area contributed by atoms with Crippen molar-refractivity contribution in [3.63, 3.8) is 0 Å². The molecule has 0 spiro atoms. The zero-order valence-corrected chi connectivity index (χ0v) is 14.2. The number of ether oxygens (including phenoxy) is 1. The van der Waals surface area contributed by atoms with Crippen LogP contribution in [0.3, 0.4) is 0 Å². The lowest BCUT2D eigenvalue weighted by Gasteiger charge is -2.33. The number of anilines is 1. The van der Waals surface area contributed by atoms with Gasteiger partial charge in [-0.25, -0.2) is 9.97 Å². The molecule has 1 atom stereocenters. The lowest BCUT2D eigenvalue weighted by atomic mass is 10.2.